The minimum atomic E-state index is 0.330. The fourth-order valence-corrected chi connectivity index (χ4v) is 4.04. The van der Waals surface area contributed by atoms with Gasteiger partial charge in [0.1, 0.15) is 11.5 Å². The summed E-state index contributed by atoms with van der Waals surface area (Å²) in [5, 5.41) is 0. The van der Waals surface area contributed by atoms with E-state index in [9.17, 15) is 0 Å². The largest absolute Gasteiger partial charge is 0.496 e. The quantitative estimate of drug-likeness (QED) is 0.465. The highest BCUT2D eigenvalue weighted by molar-refractivity contribution is 5.60. The molecule has 2 nitrogen and oxygen atoms in total. The first-order valence-electron chi connectivity index (χ1n) is 9.83. The number of methoxy groups -OCH3 is 2. The van der Waals surface area contributed by atoms with Gasteiger partial charge in [-0.2, -0.15) is 0 Å². The molecule has 0 aliphatic carbocycles. The molecule has 0 saturated carbocycles. The number of rotatable bonds is 9. The zero-order valence-corrected chi connectivity index (χ0v) is 17.3. The van der Waals surface area contributed by atoms with Crippen molar-refractivity contribution in [2.75, 3.05) is 14.2 Å². The highest BCUT2D eigenvalue weighted by Gasteiger charge is 2.26. The van der Waals surface area contributed by atoms with Gasteiger partial charge in [-0.25, -0.2) is 0 Å². The van der Waals surface area contributed by atoms with E-state index in [1.807, 2.05) is 0 Å². The van der Waals surface area contributed by atoms with Gasteiger partial charge in [0.25, 0.3) is 0 Å². The zero-order valence-electron chi connectivity index (χ0n) is 17.3. The Morgan fingerprint density at radius 2 is 1.38 bits per heavy atom. The van der Waals surface area contributed by atoms with Crippen molar-refractivity contribution in [3.8, 4) is 11.5 Å². The second-order valence-electron chi connectivity index (χ2n) is 7.17. The van der Waals surface area contributed by atoms with E-state index in [0.717, 1.165) is 17.9 Å². The maximum absolute atomic E-state index is 5.91. The Labute approximate surface area is 159 Å². The fourth-order valence-electron chi connectivity index (χ4n) is 4.04. The maximum atomic E-state index is 5.91. The molecule has 0 spiro atoms. The smallest absolute Gasteiger partial charge is 0.126 e. The Morgan fingerprint density at radius 3 is 1.96 bits per heavy atom. The molecule has 142 valence electrons. The predicted octanol–water partition coefficient (Wildman–Crippen LogP) is 6.73. The van der Waals surface area contributed by atoms with Crippen molar-refractivity contribution in [3.63, 3.8) is 0 Å². The van der Waals surface area contributed by atoms with Crippen LogP contribution >= 0.6 is 0 Å². The van der Waals surface area contributed by atoms with E-state index in [4.69, 9.17) is 9.47 Å². The lowest BCUT2D eigenvalue weighted by atomic mass is 9.81. The van der Waals surface area contributed by atoms with Gasteiger partial charge >= 0.3 is 0 Å². The molecule has 2 aromatic rings. The van der Waals surface area contributed by atoms with Gasteiger partial charge in [-0.05, 0) is 49.4 Å². The number of unbranched alkanes of at least 4 members (excludes halogenated alkanes) is 3. The number of hydrogen-bond donors (Lipinski definition) is 0. The molecule has 0 aliphatic heterocycles. The number of ether oxygens (including phenoxy) is 2. The standard InChI is InChI=1S/C24H34O2/c1-7-8-9-13-16-21(20-14-11-10-12-15-20)22-19(4)23(25-5)17(2)18(3)24(22)26-6/h10-12,14-15,21H,7-9,13,16H2,1-6H3. The summed E-state index contributed by atoms with van der Waals surface area (Å²) in [6.07, 6.45) is 6.20. The van der Waals surface area contributed by atoms with Gasteiger partial charge in [-0.15, -0.1) is 0 Å². The summed E-state index contributed by atoms with van der Waals surface area (Å²) >= 11 is 0. The van der Waals surface area contributed by atoms with Crippen LogP contribution in [0, 0.1) is 20.8 Å². The molecule has 2 aromatic carbocycles. The van der Waals surface area contributed by atoms with E-state index < -0.39 is 0 Å². The van der Waals surface area contributed by atoms with Gasteiger partial charge in [0, 0.05) is 11.5 Å². The first-order chi connectivity index (χ1) is 12.6. The summed E-state index contributed by atoms with van der Waals surface area (Å²) in [6.45, 7) is 8.69. The van der Waals surface area contributed by atoms with Crippen LogP contribution in [-0.2, 0) is 0 Å². The number of hydrogen-bond acceptors (Lipinski definition) is 2. The van der Waals surface area contributed by atoms with Crippen molar-refractivity contribution in [1.29, 1.82) is 0 Å². The van der Waals surface area contributed by atoms with Crippen LogP contribution in [0.25, 0.3) is 0 Å². The van der Waals surface area contributed by atoms with Gasteiger partial charge in [0.15, 0.2) is 0 Å². The van der Waals surface area contributed by atoms with Crippen LogP contribution in [0.4, 0.5) is 0 Å². The molecule has 0 amide bonds. The van der Waals surface area contributed by atoms with Crippen molar-refractivity contribution in [3.05, 3.63) is 58.1 Å². The Bertz CT molecular complexity index is 704. The van der Waals surface area contributed by atoms with Crippen molar-refractivity contribution in [1.82, 2.24) is 0 Å². The summed E-state index contributed by atoms with van der Waals surface area (Å²) in [5.41, 5.74) is 6.20. The average molecular weight is 355 g/mol. The topological polar surface area (TPSA) is 18.5 Å². The van der Waals surface area contributed by atoms with E-state index >= 15 is 0 Å². The van der Waals surface area contributed by atoms with E-state index in [2.05, 4.69) is 58.0 Å². The molecule has 0 bridgehead atoms. The minimum Gasteiger partial charge on any atom is -0.496 e. The van der Waals surface area contributed by atoms with Gasteiger partial charge in [-0.3, -0.25) is 0 Å². The van der Waals surface area contributed by atoms with Crippen LogP contribution in [-0.4, -0.2) is 14.2 Å². The molecule has 2 rings (SSSR count). The monoisotopic (exact) mass is 354 g/mol. The Hall–Kier alpha value is -1.96. The molecular formula is C24H34O2. The lowest BCUT2D eigenvalue weighted by Gasteiger charge is -2.27. The molecule has 0 saturated heterocycles. The fraction of sp³-hybridized carbons (Fsp3) is 0.500. The first kappa shape index (κ1) is 20.4. The second-order valence-corrected chi connectivity index (χ2v) is 7.17. The zero-order chi connectivity index (χ0) is 19.1. The molecule has 0 N–H and O–H groups in total. The third kappa shape index (κ3) is 4.23. The minimum absolute atomic E-state index is 0.330. The molecule has 0 fully saturated rings. The van der Waals surface area contributed by atoms with Gasteiger partial charge in [0.2, 0.25) is 0 Å². The molecule has 1 atom stereocenters. The SMILES string of the molecule is CCCCCCC(c1ccccc1)c1c(C)c(OC)c(C)c(C)c1OC. The molecule has 0 radical (unpaired) electrons. The van der Waals surface area contributed by atoms with E-state index in [1.165, 1.54) is 53.5 Å². The molecule has 1 unspecified atom stereocenters. The first-order valence-corrected chi connectivity index (χ1v) is 9.83. The molecule has 0 aromatic heterocycles. The van der Waals surface area contributed by atoms with Crippen LogP contribution in [0.5, 0.6) is 11.5 Å². The van der Waals surface area contributed by atoms with E-state index in [0.29, 0.717) is 5.92 Å². The lowest BCUT2D eigenvalue weighted by molar-refractivity contribution is 0.387. The highest BCUT2D eigenvalue weighted by Crippen LogP contribution is 2.45. The molecular weight excluding hydrogens is 320 g/mol. The molecule has 2 heteroatoms. The Morgan fingerprint density at radius 1 is 0.769 bits per heavy atom. The van der Waals surface area contributed by atoms with Gasteiger partial charge < -0.3 is 9.47 Å². The van der Waals surface area contributed by atoms with Gasteiger partial charge in [0.05, 0.1) is 14.2 Å². The van der Waals surface area contributed by atoms with Crippen LogP contribution in [0.2, 0.25) is 0 Å². The van der Waals surface area contributed by atoms with Crippen molar-refractivity contribution in [2.45, 2.75) is 65.7 Å². The van der Waals surface area contributed by atoms with E-state index in [-0.39, 0.29) is 0 Å². The summed E-state index contributed by atoms with van der Waals surface area (Å²) in [4.78, 5) is 0. The lowest BCUT2D eigenvalue weighted by Crippen LogP contribution is -2.10. The Kier molecular flexibility index (Phi) is 7.56. The summed E-state index contributed by atoms with van der Waals surface area (Å²) in [6, 6.07) is 10.8. The summed E-state index contributed by atoms with van der Waals surface area (Å²) in [5.74, 6) is 2.34. The van der Waals surface area contributed by atoms with Crippen LogP contribution < -0.4 is 9.47 Å². The van der Waals surface area contributed by atoms with Gasteiger partial charge in [-0.1, -0.05) is 62.9 Å². The third-order valence-corrected chi connectivity index (χ3v) is 5.54. The second kappa shape index (κ2) is 9.66. The average Bonchev–Trinajstić information content (AvgIpc) is 2.66. The highest BCUT2D eigenvalue weighted by atomic mass is 16.5. The summed E-state index contributed by atoms with van der Waals surface area (Å²) < 4.78 is 11.7. The molecule has 0 aliphatic rings. The molecule has 0 heterocycles. The number of benzene rings is 2. The van der Waals surface area contributed by atoms with Crippen LogP contribution in [0.3, 0.4) is 0 Å². The van der Waals surface area contributed by atoms with Crippen molar-refractivity contribution < 1.29 is 9.47 Å². The van der Waals surface area contributed by atoms with E-state index in [1.54, 1.807) is 14.2 Å². The summed E-state index contributed by atoms with van der Waals surface area (Å²) in [7, 11) is 3.56. The predicted molar refractivity (Wildman–Crippen MR) is 111 cm³/mol. The van der Waals surface area contributed by atoms with Crippen molar-refractivity contribution in [2.24, 2.45) is 0 Å². The third-order valence-electron chi connectivity index (χ3n) is 5.54. The van der Waals surface area contributed by atoms with Crippen molar-refractivity contribution >= 4 is 0 Å². The molecule has 26 heavy (non-hydrogen) atoms. The van der Waals surface area contributed by atoms with Crippen LogP contribution in [0.1, 0.15) is 72.8 Å². The normalized spacial score (nSPS) is 12.1. The Balaban J connectivity index is 2.58. The maximum Gasteiger partial charge on any atom is 0.126 e. The van der Waals surface area contributed by atoms with Crippen LogP contribution in [0.15, 0.2) is 30.3 Å².